The highest BCUT2D eigenvalue weighted by atomic mass is 19.1. The lowest BCUT2D eigenvalue weighted by Crippen LogP contribution is -2.54. The summed E-state index contributed by atoms with van der Waals surface area (Å²) in [5.74, 6) is -0.900. The molecule has 1 saturated heterocycles. The number of aromatic nitrogens is 1. The van der Waals surface area contributed by atoms with Crippen LogP contribution in [-0.4, -0.2) is 36.1 Å². The van der Waals surface area contributed by atoms with Crippen LogP contribution in [0.5, 0.6) is 11.5 Å². The van der Waals surface area contributed by atoms with E-state index in [1.165, 1.54) is 18.2 Å². The quantitative estimate of drug-likeness (QED) is 0.441. The summed E-state index contributed by atoms with van der Waals surface area (Å²) < 4.78 is 26.1. The van der Waals surface area contributed by atoms with Crippen molar-refractivity contribution >= 4 is 29.6 Å². The third-order valence-electron chi connectivity index (χ3n) is 5.00. The van der Waals surface area contributed by atoms with Crippen LogP contribution in [-0.2, 0) is 16.1 Å². The number of barbiturate groups is 1. The lowest BCUT2D eigenvalue weighted by atomic mass is 10.1. The Balaban J connectivity index is 1.53. The molecule has 1 aliphatic heterocycles. The molecule has 1 N–H and O–H groups in total. The SMILES string of the molecule is COc1ccccc1OCCn1cccc1/C=C1\C(=O)NC(=O)N(c2ccc(F)cc2)C1=O. The number of methoxy groups -OCH3 is 1. The van der Waals surface area contributed by atoms with E-state index >= 15 is 0 Å². The number of rotatable bonds is 7. The monoisotopic (exact) mass is 449 g/mol. The number of benzene rings is 2. The Morgan fingerprint density at radius 1 is 0.970 bits per heavy atom. The zero-order chi connectivity index (χ0) is 23.4. The molecule has 0 spiro atoms. The Morgan fingerprint density at radius 2 is 1.70 bits per heavy atom. The van der Waals surface area contributed by atoms with Crippen molar-refractivity contribution in [3.8, 4) is 11.5 Å². The summed E-state index contributed by atoms with van der Waals surface area (Å²) in [5, 5.41) is 2.15. The number of hydrogen-bond donors (Lipinski definition) is 1. The number of ether oxygens (including phenoxy) is 2. The maximum Gasteiger partial charge on any atom is 0.335 e. The van der Waals surface area contributed by atoms with Gasteiger partial charge in [0, 0.05) is 11.9 Å². The van der Waals surface area contributed by atoms with Gasteiger partial charge in [-0.25, -0.2) is 14.1 Å². The third-order valence-corrected chi connectivity index (χ3v) is 5.00. The van der Waals surface area contributed by atoms with Crippen LogP contribution in [0.15, 0.2) is 72.4 Å². The minimum atomic E-state index is -0.894. The Hall–Kier alpha value is -4.40. The zero-order valence-corrected chi connectivity index (χ0v) is 17.7. The molecule has 168 valence electrons. The van der Waals surface area contributed by atoms with Crippen molar-refractivity contribution in [3.63, 3.8) is 0 Å². The van der Waals surface area contributed by atoms with E-state index in [1.54, 1.807) is 37.6 Å². The Labute approximate surface area is 188 Å². The van der Waals surface area contributed by atoms with Crippen LogP contribution in [0.3, 0.4) is 0 Å². The highest BCUT2D eigenvalue weighted by molar-refractivity contribution is 6.39. The van der Waals surface area contributed by atoms with Crippen molar-refractivity contribution in [2.45, 2.75) is 6.54 Å². The number of imide groups is 2. The van der Waals surface area contributed by atoms with Gasteiger partial charge < -0.3 is 14.0 Å². The van der Waals surface area contributed by atoms with Crippen molar-refractivity contribution in [1.29, 1.82) is 0 Å². The molecule has 0 bridgehead atoms. The summed E-state index contributed by atoms with van der Waals surface area (Å²) in [6.45, 7) is 0.742. The van der Waals surface area contributed by atoms with Gasteiger partial charge >= 0.3 is 6.03 Å². The fraction of sp³-hybridized carbons (Fsp3) is 0.125. The molecule has 33 heavy (non-hydrogen) atoms. The summed E-state index contributed by atoms with van der Waals surface area (Å²) >= 11 is 0. The van der Waals surface area contributed by atoms with E-state index in [2.05, 4.69) is 5.32 Å². The first kappa shape index (κ1) is 21.8. The molecule has 1 aromatic heterocycles. The van der Waals surface area contributed by atoms with Gasteiger partial charge in [-0.3, -0.25) is 14.9 Å². The molecule has 3 aromatic rings. The average Bonchev–Trinajstić information content (AvgIpc) is 3.25. The molecule has 9 heteroatoms. The van der Waals surface area contributed by atoms with Crippen molar-refractivity contribution < 1.29 is 28.2 Å². The Bertz CT molecular complexity index is 1230. The largest absolute Gasteiger partial charge is 0.493 e. The van der Waals surface area contributed by atoms with Crippen molar-refractivity contribution in [3.05, 3.63) is 83.9 Å². The molecular weight excluding hydrogens is 429 g/mol. The molecule has 0 atom stereocenters. The number of amides is 4. The van der Waals surface area contributed by atoms with Gasteiger partial charge in [-0.1, -0.05) is 12.1 Å². The zero-order valence-electron chi connectivity index (χ0n) is 17.7. The van der Waals surface area contributed by atoms with Crippen LogP contribution < -0.4 is 19.7 Å². The molecule has 0 unspecified atom stereocenters. The summed E-state index contributed by atoms with van der Waals surface area (Å²) in [6.07, 6.45) is 3.19. The molecule has 1 aliphatic rings. The van der Waals surface area contributed by atoms with Gasteiger partial charge in [0.15, 0.2) is 11.5 Å². The Morgan fingerprint density at radius 3 is 2.42 bits per heavy atom. The van der Waals surface area contributed by atoms with E-state index in [4.69, 9.17) is 9.47 Å². The first-order chi connectivity index (χ1) is 16.0. The van der Waals surface area contributed by atoms with Gasteiger partial charge in [-0.2, -0.15) is 0 Å². The summed E-state index contributed by atoms with van der Waals surface area (Å²) in [5.41, 5.74) is 0.507. The molecule has 0 radical (unpaired) electrons. The van der Waals surface area contributed by atoms with Gasteiger partial charge in [0.25, 0.3) is 11.8 Å². The van der Waals surface area contributed by atoms with Crippen molar-refractivity contribution in [2.75, 3.05) is 18.6 Å². The lowest BCUT2D eigenvalue weighted by Gasteiger charge is -2.26. The van der Waals surface area contributed by atoms with E-state index in [-0.39, 0.29) is 11.3 Å². The molecule has 1 fully saturated rings. The van der Waals surface area contributed by atoms with Crippen LogP contribution in [0.25, 0.3) is 6.08 Å². The van der Waals surface area contributed by atoms with E-state index in [0.717, 1.165) is 17.0 Å². The van der Waals surface area contributed by atoms with Gasteiger partial charge in [0.05, 0.1) is 19.3 Å². The fourth-order valence-corrected chi connectivity index (χ4v) is 3.38. The number of anilines is 1. The lowest BCUT2D eigenvalue weighted by molar-refractivity contribution is -0.122. The number of nitrogens with one attached hydrogen (secondary N) is 1. The smallest absolute Gasteiger partial charge is 0.335 e. The second-order valence-corrected chi connectivity index (χ2v) is 7.06. The minimum absolute atomic E-state index is 0.151. The number of urea groups is 1. The summed E-state index contributed by atoms with van der Waals surface area (Å²) in [4.78, 5) is 38.4. The normalized spacial score (nSPS) is 15.0. The van der Waals surface area contributed by atoms with Crippen LogP contribution in [0.1, 0.15) is 5.69 Å². The molecule has 0 saturated carbocycles. The van der Waals surface area contributed by atoms with Crippen molar-refractivity contribution in [1.82, 2.24) is 9.88 Å². The fourth-order valence-electron chi connectivity index (χ4n) is 3.38. The van der Waals surface area contributed by atoms with Gasteiger partial charge in [0.2, 0.25) is 0 Å². The molecular formula is C24H20FN3O5. The highest BCUT2D eigenvalue weighted by Crippen LogP contribution is 2.26. The maximum atomic E-state index is 13.2. The summed E-state index contributed by atoms with van der Waals surface area (Å²) in [6, 6.07) is 14.7. The standard InChI is InChI=1S/C24H20FN3O5/c1-32-20-6-2-3-7-21(20)33-14-13-27-12-4-5-18(27)15-19-22(29)26-24(31)28(23(19)30)17-10-8-16(25)9-11-17/h2-12,15H,13-14H2,1H3,(H,26,29,31)/b19-15+. The number of nitrogens with zero attached hydrogens (tertiary/aromatic N) is 2. The van der Waals surface area contributed by atoms with E-state index < -0.39 is 23.7 Å². The molecule has 8 nitrogen and oxygen atoms in total. The minimum Gasteiger partial charge on any atom is -0.493 e. The average molecular weight is 449 g/mol. The Kier molecular flexibility index (Phi) is 6.21. The molecule has 4 rings (SSSR count). The van der Waals surface area contributed by atoms with Gasteiger partial charge in [-0.15, -0.1) is 0 Å². The van der Waals surface area contributed by atoms with Crippen LogP contribution in [0.4, 0.5) is 14.9 Å². The molecule has 0 aliphatic carbocycles. The highest BCUT2D eigenvalue weighted by Gasteiger charge is 2.37. The van der Waals surface area contributed by atoms with Crippen molar-refractivity contribution in [2.24, 2.45) is 0 Å². The first-order valence-electron chi connectivity index (χ1n) is 10.1. The third kappa shape index (κ3) is 4.62. The van der Waals surface area contributed by atoms with Crippen LogP contribution >= 0.6 is 0 Å². The van der Waals surface area contributed by atoms with Gasteiger partial charge in [-0.05, 0) is 54.6 Å². The predicted octanol–water partition coefficient (Wildman–Crippen LogP) is 3.38. The molecule has 4 amide bonds. The number of para-hydroxylation sites is 2. The molecule has 2 heterocycles. The maximum absolute atomic E-state index is 13.2. The topological polar surface area (TPSA) is 89.9 Å². The number of hydrogen-bond acceptors (Lipinski definition) is 5. The molecule has 2 aromatic carbocycles. The van der Waals surface area contributed by atoms with Crippen LogP contribution in [0.2, 0.25) is 0 Å². The number of halogens is 1. The van der Waals surface area contributed by atoms with E-state index in [0.29, 0.717) is 30.3 Å². The van der Waals surface area contributed by atoms with Crippen LogP contribution in [0, 0.1) is 5.82 Å². The first-order valence-corrected chi connectivity index (χ1v) is 10.1. The van der Waals surface area contributed by atoms with Gasteiger partial charge in [0.1, 0.15) is 18.0 Å². The predicted molar refractivity (Wildman–Crippen MR) is 118 cm³/mol. The second kappa shape index (κ2) is 9.39. The van der Waals surface area contributed by atoms with E-state index in [1.807, 2.05) is 16.7 Å². The number of carbonyl (C=O) groups excluding carboxylic acids is 3. The number of carbonyl (C=O) groups is 3. The summed E-state index contributed by atoms with van der Waals surface area (Å²) in [7, 11) is 1.56. The second-order valence-electron chi connectivity index (χ2n) is 7.06. The van der Waals surface area contributed by atoms with E-state index in [9.17, 15) is 18.8 Å².